The normalized spacial score (nSPS) is 11.0. The first-order valence-electron chi connectivity index (χ1n) is 9.94. The molecule has 0 aliphatic carbocycles. The second kappa shape index (κ2) is 9.11. The van der Waals surface area contributed by atoms with E-state index >= 15 is 0 Å². The molecule has 0 saturated heterocycles. The Bertz CT molecular complexity index is 1350. The molecule has 0 aliphatic heterocycles. The summed E-state index contributed by atoms with van der Waals surface area (Å²) in [7, 11) is 0. The van der Waals surface area contributed by atoms with Crippen LogP contribution < -0.4 is 10.9 Å². The SMILES string of the molecule is CC(C)c1nn2c(=O)cc(COC(=O)c3cccc(NC(=O)c4ccccc4)c3)nc2s1. The Kier molecular flexibility index (Phi) is 6.09. The van der Waals surface area contributed by atoms with Gasteiger partial charge in [-0.2, -0.15) is 9.61 Å². The van der Waals surface area contributed by atoms with Gasteiger partial charge < -0.3 is 10.1 Å². The van der Waals surface area contributed by atoms with Gasteiger partial charge in [0.25, 0.3) is 11.5 Å². The van der Waals surface area contributed by atoms with Gasteiger partial charge in [0.05, 0.1) is 11.3 Å². The zero-order valence-electron chi connectivity index (χ0n) is 17.4. The average Bonchev–Trinajstić information content (AvgIpc) is 3.23. The molecule has 32 heavy (non-hydrogen) atoms. The number of amides is 1. The highest BCUT2D eigenvalue weighted by Gasteiger charge is 2.14. The fraction of sp³-hybridized carbons (Fsp3) is 0.174. The molecule has 0 unspecified atom stereocenters. The molecule has 0 spiro atoms. The minimum atomic E-state index is -0.588. The highest BCUT2D eigenvalue weighted by Crippen LogP contribution is 2.20. The van der Waals surface area contributed by atoms with Crippen molar-refractivity contribution in [2.45, 2.75) is 26.4 Å². The number of fused-ring (bicyclic) bond motifs is 1. The first-order valence-corrected chi connectivity index (χ1v) is 10.8. The summed E-state index contributed by atoms with van der Waals surface area (Å²) in [5.41, 5.74) is 1.27. The number of benzene rings is 2. The van der Waals surface area contributed by atoms with Crippen LogP contribution in [-0.2, 0) is 11.3 Å². The molecule has 1 N–H and O–H groups in total. The van der Waals surface area contributed by atoms with Gasteiger partial charge in [-0.3, -0.25) is 9.59 Å². The maximum Gasteiger partial charge on any atom is 0.338 e. The molecule has 2 aromatic carbocycles. The maximum atomic E-state index is 12.5. The zero-order chi connectivity index (χ0) is 22.7. The van der Waals surface area contributed by atoms with Gasteiger partial charge in [0.15, 0.2) is 0 Å². The molecule has 162 valence electrons. The molecular formula is C23H20N4O4S. The minimum Gasteiger partial charge on any atom is -0.456 e. The van der Waals surface area contributed by atoms with Crippen molar-refractivity contribution < 1.29 is 14.3 Å². The smallest absolute Gasteiger partial charge is 0.338 e. The zero-order valence-corrected chi connectivity index (χ0v) is 18.3. The van der Waals surface area contributed by atoms with Crippen molar-refractivity contribution in [3.05, 3.63) is 92.8 Å². The molecule has 0 aliphatic rings. The van der Waals surface area contributed by atoms with Crippen LogP contribution in [0.4, 0.5) is 5.69 Å². The number of carbonyl (C=O) groups is 2. The van der Waals surface area contributed by atoms with Crippen LogP contribution in [0.3, 0.4) is 0 Å². The Labute approximate surface area is 187 Å². The van der Waals surface area contributed by atoms with Gasteiger partial charge in [0.1, 0.15) is 11.6 Å². The van der Waals surface area contributed by atoms with E-state index in [-0.39, 0.29) is 29.6 Å². The Balaban J connectivity index is 1.45. The lowest BCUT2D eigenvalue weighted by atomic mass is 10.1. The third-order valence-electron chi connectivity index (χ3n) is 4.55. The number of nitrogens with one attached hydrogen (secondary N) is 1. The van der Waals surface area contributed by atoms with Crippen LogP contribution in [-0.4, -0.2) is 26.5 Å². The first kappa shape index (κ1) is 21.4. The maximum absolute atomic E-state index is 12.5. The van der Waals surface area contributed by atoms with Crippen LogP contribution in [0.5, 0.6) is 0 Å². The number of hydrogen-bond donors (Lipinski definition) is 1. The predicted octanol–water partition coefficient (Wildman–Crippen LogP) is 3.88. The molecule has 0 bridgehead atoms. The molecule has 4 aromatic rings. The Morgan fingerprint density at radius 1 is 1.06 bits per heavy atom. The van der Waals surface area contributed by atoms with Crippen LogP contribution in [0.15, 0.2) is 65.5 Å². The van der Waals surface area contributed by atoms with Gasteiger partial charge in [-0.05, 0) is 30.3 Å². The molecule has 4 rings (SSSR count). The number of anilines is 1. The van der Waals surface area contributed by atoms with Crippen molar-refractivity contribution in [2.24, 2.45) is 0 Å². The van der Waals surface area contributed by atoms with Crippen LogP contribution in [0.1, 0.15) is 51.2 Å². The van der Waals surface area contributed by atoms with Gasteiger partial charge in [-0.15, -0.1) is 0 Å². The molecule has 0 radical (unpaired) electrons. The van der Waals surface area contributed by atoms with E-state index in [9.17, 15) is 14.4 Å². The van der Waals surface area contributed by atoms with Crippen molar-refractivity contribution in [3.63, 3.8) is 0 Å². The lowest BCUT2D eigenvalue weighted by Crippen LogP contribution is -2.17. The fourth-order valence-corrected chi connectivity index (χ4v) is 3.84. The summed E-state index contributed by atoms with van der Waals surface area (Å²) in [5, 5.41) is 7.83. The van der Waals surface area contributed by atoms with Gasteiger partial charge in [0.2, 0.25) is 4.96 Å². The third-order valence-corrected chi connectivity index (χ3v) is 5.76. The molecule has 0 saturated carbocycles. The number of aromatic nitrogens is 3. The molecule has 0 atom stereocenters. The van der Waals surface area contributed by atoms with Gasteiger partial charge in [-0.1, -0.05) is 49.4 Å². The number of rotatable bonds is 6. The Morgan fingerprint density at radius 3 is 2.56 bits per heavy atom. The fourth-order valence-electron chi connectivity index (χ4n) is 2.92. The van der Waals surface area contributed by atoms with E-state index in [1.807, 2.05) is 19.9 Å². The highest BCUT2D eigenvalue weighted by molar-refractivity contribution is 7.16. The first-order chi connectivity index (χ1) is 15.4. The lowest BCUT2D eigenvalue weighted by Gasteiger charge is -2.08. The molecule has 2 aromatic heterocycles. The van der Waals surface area contributed by atoms with E-state index < -0.39 is 5.97 Å². The molecule has 0 fully saturated rings. The van der Waals surface area contributed by atoms with Gasteiger partial charge >= 0.3 is 5.97 Å². The predicted molar refractivity (Wildman–Crippen MR) is 121 cm³/mol. The Hall–Kier alpha value is -3.85. The summed E-state index contributed by atoms with van der Waals surface area (Å²) in [4.78, 5) is 42.0. The lowest BCUT2D eigenvalue weighted by molar-refractivity contribution is 0.0467. The van der Waals surface area contributed by atoms with Crippen LogP contribution >= 0.6 is 11.3 Å². The second-order valence-corrected chi connectivity index (χ2v) is 8.34. The van der Waals surface area contributed by atoms with Crippen LogP contribution in [0.2, 0.25) is 0 Å². The number of esters is 1. The highest BCUT2D eigenvalue weighted by atomic mass is 32.1. The van der Waals surface area contributed by atoms with Crippen molar-refractivity contribution in [3.8, 4) is 0 Å². The monoisotopic (exact) mass is 448 g/mol. The number of ether oxygens (including phenoxy) is 1. The number of carbonyl (C=O) groups excluding carboxylic acids is 2. The summed E-state index contributed by atoms with van der Waals surface area (Å²) < 4.78 is 6.59. The van der Waals surface area contributed by atoms with Crippen LogP contribution in [0, 0.1) is 0 Å². The van der Waals surface area contributed by atoms with E-state index in [0.717, 1.165) is 5.01 Å². The minimum absolute atomic E-state index is 0.153. The average molecular weight is 449 g/mol. The summed E-state index contributed by atoms with van der Waals surface area (Å²) >= 11 is 1.33. The molecule has 2 heterocycles. The third kappa shape index (κ3) is 4.73. The summed E-state index contributed by atoms with van der Waals surface area (Å²) in [6.45, 7) is 3.82. The van der Waals surface area contributed by atoms with Crippen molar-refractivity contribution >= 4 is 33.9 Å². The van der Waals surface area contributed by atoms with Crippen molar-refractivity contribution in [2.75, 3.05) is 5.32 Å². The molecular weight excluding hydrogens is 428 g/mol. The van der Waals surface area contributed by atoms with Gasteiger partial charge in [0, 0.05) is 23.2 Å². The summed E-state index contributed by atoms with van der Waals surface area (Å²) in [6, 6.07) is 16.5. The number of nitrogens with zero attached hydrogens (tertiary/aromatic N) is 3. The largest absolute Gasteiger partial charge is 0.456 e. The van der Waals surface area contributed by atoms with E-state index in [2.05, 4.69) is 15.4 Å². The Morgan fingerprint density at radius 2 is 1.81 bits per heavy atom. The van der Waals surface area contributed by atoms with E-state index in [1.165, 1.54) is 28.0 Å². The molecule has 9 heteroatoms. The quantitative estimate of drug-likeness (QED) is 0.449. The van der Waals surface area contributed by atoms with Crippen molar-refractivity contribution in [1.29, 1.82) is 0 Å². The van der Waals surface area contributed by atoms with E-state index in [4.69, 9.17) is 4.74 Å². The van der Waals surface area contributed by atoms with E-state index in [0.29, 0.717) is 21.9 Å². The second-order valence-electron chi connectivity index (χ2n) is 7.35. The number of hydrogen-bond acceptors (Lipinski definition) is 7. The molecule has 1 amide bonds. The summed E-state index contributed by atoms with van der Waals surface area (Å²) in [5.74, 6) is -0.688. The van der Waals surface area contributed by atoms with Crippen molar-refractivity contribution in [1.82, 2.24) is 14.6 Å². The van der Waals surface area contributed by atoms with Crippen LogP contribution in [0.25, 0.3) is 4.96 Å². The topological polar surface area (TPSA) is 103 Å². The molecule has 8 nitrogen and oxygen atoms in total. The standard InChI is InChI=1S/C23H20N4O4S/c1-14(2)21-26-27-19(28)12-18(25-23(27)32-21)13-31-22(30)16-9-6-10-17(11-16)24-20(29)15-7-4-3-5-8-15/h3-12,14H,13H2,1-2H3,(H,24,29). The van der Waals surface area contributed by atoms with E-state index in [1.54, 1.807) is 42.5 Å². The van der Waals surface area contributed by atoms with Gasteiger partial charge in [-0.25, -0.2) is 9.78 Å². The summed E-state index contributed by atoms with van der Waals surface area (Å²) in [6.07, 6.45) is 0.